The Labute approximate surface area is 97.4 Å². The molecule has 0 bridgehead atoms. The van der Waals surface area contributed by atoms with Crippen molar-refractivity contribution in [3.05, 3.63) is 0 Å². The van der Waals surface area contributed by atoms with Crippen LogP contribution >= 0.6 is 11.8 Å². The number of thioether (sulfide) groups is 1. The van der Waals surface area contributed by atoms with E-state index in [9.17, 15) is 14.4 Å². The number of hydrogen-bond donors (Lipinski definition) is 2. The van der Waals surface area contributed by atoms with Crippen LogP contribution in [0.1, 0.15) is 13.3 Å². The summed E-state index contributed by atoms with van der Waals surface area (Å²) in [6.45, 7) is 2.41. The molecule has 0 aromatic rings. The highest BCUT2D eigenvalue weighted by Crippen LogP contribution is 2.16. The fourth-order valence-corrected chi connectivity index (χ4v) is 2.09. The minimum absolute atomic E-state index is 0.0147. The Hall–Kier alpha value is -1.24. The third-order valence-electron chi connectivity index (χ3n) is 2.20. The number of hydrogen-bond acceptors (Lipinski definition) is 4. The molecule has 1 atom stereocenters. The molecule has 2 amide bonds. The van der Waals surface area contributed by atoms with Gasteiger partial charge < -0.3 is 15.3 Å². The van der Waals surface area contributed by atoms with Gasteiger partial charge in [0.1, 0.15) is 6.04 Å². The zero-order valence-electron chi connectivity index (χ0n) is 8.93. The van der Waals surface area contributed by atoms with E-state index in [-0.39, 0.29) is 17.6 Å². The summed E-state index contributed by atoms with van der Waals surface area (Å²) in [6, 6.07) is -0.892. The number of aliphatic carboxylic acids is 1. The van der Waals surface area contributed by atoms with Gasteiger partial charge in [-0.25, -0.2) is 0 Å². The highest BCUT2D eigenvalue weighted by atomic mass is 32.2. The first-order chi connectivity index (χ1) is 7.50. The van der Waals surface area contributed by atoms with Gasteiger partial charge >= 0.3 is 5.97 Å². The van der Waals surface area contributed by atoms with Gasteiger partial charge in [0, 0.05) is 25.3 Å². The lowest BCUT2D eigenvalue weighted by Crippen LogP contribution is -2.40. The second kappa shape index (κ2) is 5.74. The second-order valence-corrected chi connectivity index (χ2v) is 4.53. The summed E-state index contributed by atoms with van der Waals surface area (Å²) in [6.07, 6.45) is 0.143. The summed E-state index contributed by atoms with van der Waals surface area (Å²) >= 11 is 1.24. The van der Waals surface area contributed by atoms with Crippen LogP contribution < -0.4 is 5.32 Å². The smallest absolute Gasteiger partial charge is 0.325 e. The lowest BCUT2D eigenvalue weighted by Gasteiger charge is -2.14. The van der Waals surface area contributed by atoms with Crippen LogP contribution in [-0.4, -0.2) is 52.0 Å². The van der Waals surface area contributed by atoms with E-state index in [1.165, 1.54) is 18.7 Å². The van der Waals surface area contributed by atoms with Crippen molar-refractivity contribution in [2.75, 3.05) is 18.8 Å². The molecule has 6 nitrogen and oxygen atoms in total. The quantitative estimate of drug-likeness (QED) is 0.720. The molecule has 1 fully saturated rings. The number of carboxylic acid groups (broad SMARTS) is 1. The van der Waals surface area contributed by atoms with Crippen LogP contribution in [0.2, 0.25) is 0 Å². The Balaban J connectivity index is 2.24. The molecule has 90 valence electrons. The third-order valence-corrected chi connectivity index (χ3v) is 3.09. The Morgan fingerprint density at radius 1 is 1.62 bits per heavy atom. The lowest BCUT2D eigenvalue weighted by atomic mass is 10.3. The van der Waals surface area contributed by atoms with Gasteiger partial charge in [0.25, 0.3) is 5.24 Å². The number of amides is 2. The van der Waals surface area contributed by atoms with Crippen molar-refractivity contribution >= 4 is 28.9 Å². The number of carbonyl (C=O) groups is 3. The molecule has 1 aliphatic rings. The molecular formula is C9H14N2O4S. The molecule has 0 aliphatic carbocycles. The molecule has 0 unspecified atom stereocenters. The molecule has 0 aromatic heterocycles. The molecule has 1 rings (SSSR count). The Morgan fingerprint density at radius 2 is 2.31 bits per heavy atom. The topological polar surface area (TPSA) is 86.7 Å². The number of rotatable bonds is 5. The van der Waals surface area contributed by atoms with E-state index in [2.05, 4.69) is 5.32 Å². The minimum Gasteiger partial charge on any atom is -0.480 e. The predicted octanol–water partition coefficient (Wildman–Crippen LogP) is 0.135. The van der Waals surface area contributed by atoms with Crippen molar-refractivity contribution in [3.8, 4) is 0 Å². The molecule has 0 spiro atoms. The Morgan fingerprint density at radius 3 is 2.81 bits per heavy atom. The van der Waals surface area contributed by atoms with E-state index in [4.69, 9.17) is 5.11 Å². The SMILES string of the molecule is C[C@@H](NC(=O)CCN1CCSC1=O)C(=O)O. The molecule has 0 aromatic carbocycles. The van der Waals surface area contributed by atoms with Crippen LogP contribution in [0.15, 0.2) is 0 Å². The Kier molecular flexibility index (Phi) is 4.60. The zero-order chi connectivity index (χ0) is 12.1. The van der Waals surface area contributed by atoms with Crippen molar-refractivity contribution in [2.45, 2.75) is 19.4 Å². The number of nitrogens with one attached hydrogen (secondary N) is 1. The monoisotopic (exact) mass is 246 g/mol. The largest absolute Gasteiger partial charge is 0.480 e. The molecular weight excluding hydrogens is 232 g/mol. The van der Waals surface area contributed by atoms with E-state index < -0.39 is 12.0 Å². The molecule has 1 aliphatic heterocycles. The van der Waals surface area contributed by atoms with E-state index in [0.717, 1.165) is 5.75 Å². The number of nitrogens with zero attached hydrogens (tertiary/aromatic N) is 1. The fraction of sp³-hybridized carbons (Fsp3) is 0.667. The first kappa shape index (κ1) is 12.8. The standard InChI is InChI=1S/C9H14N2O4S/c1-6(8(13)14)10-7(12)2-3-11-4-5-16-9(11)15/h6H,2-5H2,1H3,(H,10,12)(H,13,14)/t6-/m1/s1. The van der Waals surface area contributed by atoms with Crippen LogP contribution in [0.25, 0.3) is 0 Å². The van der Waals surface area contributed by atoms with E-state index in [1.54, 1.807) is 4.90 Å². The van der Waals surface area contributed by atoms with Crippen molar-refractivity contribution in [1.29, 1.82) is 0 Å². The number of carboxylic acids is 1. The lowest BCUT2D eigenvalue weighted by molar-refractivity contribution is -0.141. The average Bonchev–Trinajstić information content (AvgIpc) is 2.61. The minimum atomic E-state index is -1.07. The summed E-state index contributed by atoms with van der Waals surface area (Å²) in [5.74, 6) is -0.660. The van der Waals surface area contributed by atoms with E-state index >= 15 is 0 Å². The average molecular weight is 246 g/mol. The molecule has 7 heteroatoms. The van der Waals surface area contributed by atoms with Crippen LogP contribution in [0, 0.1) is 0 Å². The first-order valence-corrected chi connectivity index (χ1v) is 5.93. The third kappa shape index (κ3) is 3.73. The predicted molar refractivity (Wildman–Crippen MR) is 59.3 cm³/mol. The maximum atomic E-state index is 11.3. The maximum absolute atomic E-state index is 11.3. The summed E-state index contributed by atoms with van der Waals surface area (Å²) < 4.78 is 0. The van der Waals surface area contributed by atoms with Crippen molar-refractivity contribution in [1.82, 2.24) is 10.2 Å². The van der Waals surface area contributed by atoms with E-state index in [1.807, 2.05) is 0 Å². The molecule has 2 N–H and O–H groups in total. The van der Waals surface area contributed by atoms with Crippen LogP contribution in [0.4, 0.5) is 4.79 Å². The Bertz CT molecular complexity index is 308. The van der Waals surface area contributed by atoms with Crippen molar-refractivity contribution < 1.29 is 19.5 Å². The summed E-state index contributed by atoms with van der Waals surface area (Å²) in [7, 11) is 0. The zero-order valence-corrected chi connectivity index (χ0v) is 9.75. The van der Waals surface area contributed by atoms with Crippen molar-refractivity contribution in [3.63, 3.8) is 0 Å². The molecule has 0 radical (unpaired) electrons. The summed E-state index contributed by atoms with van der Waals surface area (Å²) in [5.41, 5.74) is 0. The highest BCUT2D eigenvalue weighted by Gasteiger charge is 2.22. The van der Waals surface area contributed by atoms with Gasteiger partial charge in [-0.1, -0.05) is 11.8 Å². The molecule has 16 heavy (non-hydrogen) atoms. The first-order valence-electron chi connectivity index (χ1n) is 4.94. The van der Waals surface area contributed by atoms with Gasteiger partial charge in [0.2, 0.25) is 5.91 Å². The van der Waals surface area contributed by atoms with Crippen LogP contribution in [0.3, 0.4) is 0 Å². The van der Waals surface area contributed by atoms with Crippen molar-refractivity contribution in [2.24, 2.45) is 0 Å². The maximum Gasteiger partial charge on any atom is 0.325 e. The normalized spacial score (nSPS) is 17.3. The van der Waals surface area contributed by atoms with Crippen LogP contribution in [-0.2, 0) is 9.59 Å². The van der Waals surface area contributed by atoms with Gasteiger partial charge in [0.05, 0.1) is 0 Å². The number of carbonyl (C=O) groups excluding carboxylic acids is 2. The molecule has 1 heterocycles. The second-order valence-electron chi connectivity index (χ2n) is 3.48. The fourth-order valence-electron chi connectivity index (χ4n) is 1.24. The highest BCUT2D eigenvalue weighted by molar-refractivity contribution is 8.13. The van der Waals surface area contributed by atoms with Gasteiger partial charge in [-0.3, -0.25) is 14.4 Å². The van der Waals surface area contributed by atoms with Gasteiger partial charge in [-0.05, 0) is 6.92 Å². The van der Waals surface area contributed by atoms with Gasteiger partial charge in [-0.15, -0.1) is 0 Å². The molecule has 1 saturated heterocycles. The van der Waals surface area contributed by atoms with Crippen LogP contribution in [0.5, 0.6) is 0 Å². The van der Waals surface area contributed by atoms with E-state index in [0.29, 0.717) is 13.1 Å². The summed E-state index contributed by atoms with van der Waals surface area (Å²) in [4.78, 5) is 34.5. The van der Waals surface area contributed by atoms with Gasteiger partial charge in [-0.2, -0.15) is 0 Å². The molecule has 0 saturated carbocycles. The summed E-state index contributed by atoms with van der Waals surface area (Å²) in [5, 5.41) is 10.9. The van der Waals surface area contributed by atoms with Gasteiger partial charge in [0.15, 0.2) is 0 Å².